The lowest BCUT2D eigenvalue weighted by Crippen LogP contribution is -2.12. The SMILES string of the molecule is C=C(C)CC.C=CC.C=NC.CC.CC.CCC(C)Cc1ccccc1.CCC1CC(C)CC1c1nc(C)nc(C)c1C. The molecule has 1 aromatic carbocycles. The summed E-state index contributed by atoms with van der Waals surface area (Å²) in [7, 11) is 1.64. The summed E-state index contributed by atoms with van der Waals surface area (Å²) in [4.78, 5) is 12.5. The number of aromatic nitrogens is 2. The molecule has 43 heavy (non-hydrogen) atoms. The lowest BCUT2D eigenvalue weighted by atomic mass is 9.88. The van der Waals surface area contributed by atoms with Gasteiger partial charge in [-0.2, -0.15) is 0 Å². The van der Waals surface area contributed by atoms with Gasteiger partial charge in [-0.05, 0) is 95.9 Å². The van der Waals surface area contributed by atoms with Gasteiger partial charge in [0.15, 0.2) is 0 Å². The lowest BCUT2D eigenvalue weighted by Gasteiger charge is -2.20. The zero-order valence-electron chi connectivity index (χ0n) is 31.5. The minimum Gasteiger partial charge on any atom is -0.304 e. The van der Waals surface area contributed by atoms with Crippen LogP contribution >= 0.6 is 0 Å². The zero-order valence-corrected chi connectivity index (χ0v) is 31.5. The molecule has 0 bridgehead atoms. The Labute approximate surface area is 270 Å². The predicted molar refractivity (Wildman–Crippen MR) is 200 cm³/mol. The van der Waals surface area contributed by atoms with Gasteiger partial charge in [0.1, 0.15) is 5.82 Å². The maximum Gasteiger partial charge on any atom is 0.125 e. The van der Waals surface area contributed by atoms with Gasteiger partial charge in [0, 0.05) is 18.7 Å². The molecule has 0 saturated heterocycles. The van der Waals surface area contributed by atoms with Crippen molar-refractivity contribution in [1.29, 1.82) is 0 Å². The third-order valence-electron chi connectivity index (χ3n) is 7.07. The van der Waals surface area contributed by atoms with Crippen LogP contribution in [-0.2, 0) is 6.42 Å². The van der Waals surface area contributed by atoms with Crippen LogP contribution in [0.15, 0.2) is 60.1 Å². The first kappa shape index (κ1) is 47.4. The Morgan fingerprint density at radius 3 is 1.86 bits per heavy atom. The molecular weight excluding hydrogens is 522 g/mol. The van der Waals surface area contributed by atoms with Crippen molar-refractivity contribution < 1.29 is 0 Å². The molecule has 1 heterocycles. The average Bonchev–Trinajstić information content (AvgIpc) is 3.39. The molecule has 1 saturated carbocycles. The number of allylic oxidation sites excluding steroid dienone is 2. The summed E-state index contributed by atoms with van der Waals surface area (Å²) in [5.41, 5.74) is 6.51. The van der Waals surface area contributed by atoms with Gasteiger partial charge >= 0.3 is 0 Å². The number of aliphatic imine (C=N–C) groups is 1. The van der Waals surface area contributed by atoms with Gasteiger partial charge in [0.05, 0.1) is 5.69 Å². The molecule has 3 heteroatoms. The average molecular weight is 596 g/mol. The first-order valence-electron chi connectivity index (χ1n) is 16.9. The Kier molecular flexibility index (Phi) is 35.7. The molecule has 0 aliphatic heterocycles. The number of hydrogen-bond donors (Lipinski definition) is 0. The molecule has 3 rings (SSSR count). The number of benzene rings is 1. The Balaban J connectivity index is -0.000000252. The van der Waals surface area contributed by atoms with Crippen LogP contribution in [0.3, 0.4) is 0 Å². The molecule has 1 aliphatic carbocycles. The number of hydrogen-bond acceptors (Lipinski definition) is 3. The van der Waals surface area contributed by atoms with E-state index in [0.29, 0.717) is 5.92 Å². The third kappa shape index (κ3) is 24.6. The van der Waals surface area contributed by atoms with E-state index in [4.69, 9.17) is 4.98 Å². The maximum atomic E-state index is 4.74. The van der Waals surface area contributed by atoms with E-state index in [1.165, 1.54) is 54.5 Å². The monoisotopic (exact) mass is 596 g/mol. The zero-order chi connectivity index (χ0) is 34.4. The first-order chi connectivity index (χ1) is 20.4. The van der Waals surface area contributed by atoms with Gasteiger partial charge in [-0.15, -0.1) is 13.2 Å². The van der Waals surface area contributed by atoms with Crippen molar-refractivity contribution in [2.24, 2.45) is 22.7 Å². The molecular formula is C40H73N3. The normalized spacial score (nSPS) is 16.4. The van der Waals surface area contributed by atoms with Crippen molar-refractivity contribution in [1.82, 2.24) is 9.97 Å². The summed E-state index contributed by atoms with van der Waals surface area (Å²) in [5, 5.41) is 0. The molecule has 1 aromatic heterocycles. The van der Waals surface area contributed by atoms with E-state index in [2.05, 4.69) is 109 Å². The van der Waals surface area contributed by atoms with E-state index in [9.17, 15) is 0 Å². The fourth-order valence-electron chi connectivity index (χ4n) is 4.51. The van der Waals surface area contributed by atoms with Crippen molar-refractivity contribution in [2.75, 3.05) is 7.05 Å². The van der Waals surface area contributed by atoms with Gasteiger partial charge in [0.2, 0.25) is 0 Å². The summed E-state index contributed by atoms with van der Waals surface area (Å²) < 4.78 is 0. The van der Waals surface area contributed by atoms with Gasteiger partial charge in [-0.25, -0.2) is 9.97 Å². The molecule has 2 aromatic rings. The van der Waals surface area contributed by atoms with Crippen molar-refractivity contribution in [3.8, 4) is 0 Å². The van der Waals surface area contributed by atoms with E-state index in [1.807, 2.05) is 48.5 Å². The minimum atomic E-state index is 0.662. The predicted octanol–water partition coefficient (Wildman–Crippen LogP) is 12.8. The van der Waals surface area contributed by atoms with E-state index < -0.39 is 0 Å². The smallest absolute Gasteiger partial charge is 0.125 e. The molecule has 0 amide bonds. The Bertz CT molecular complexity index is 911. The van der Waals surface area contributed by atoms with Crippen LogP contribution in [0.2, 0.25) is 0 Å². The second-order valence-electron chi connectivity index (χ2n) is 11.0. The van der Waals surface area contributed by atoms with Crippen LogP contribution in [0.1, 0.15) is 143 Å². The van der Waals surface area contributed by atoms with Crippen molar-refractivity contribution in [3.05, 3.63) is 83.5 Å². The Hall–Kier alpha value is -2.55. The Morgan fingerprint density at radius 2 is 1.47 bits per heavy atom. The van der Waals surface area contributed by atoms with Crippen molar-refractivity contribution >= 4 is 6.72 Å². The standard InChI is InChI=1S/C15H24N2.C11H16.C5H10.C3H6.C2H5N.2C2H6/c1-6-13-7-9(2)8-14(13)15-10(3)11(4)16-12(5)17-15;1-3-10(2)9-11-7-5-4-6-8-11;1-4-5(2)3;2*1-3-2;2*1-2/h9,13-14H,6-8H2,1-5H3;4-8,10H,3,9H2,1-2H3;2,4H2,1,3H3;3H,1H2,2H3;1H2,2H3;2*1-2H3. The van der Waals surface area contributed by atoms with E-state index in [1.54, 1.807) is 13.1 Å². The van der Waals surface area contributed by atoms with Crippen LogP contribution in [0, 0.1) is 38.5 Å². The van der Waals surface area contributed by atoms with Crippen LogP contribution in [0.4, 0.5) is 0 Å². The maximum absolute atomic E-state index is 4.74. The molecule has 3 nitrogen and oxygen atoms in total. The first-order valence-corrected chi connectivity index (χ1v) is 16.9. The highest BCUT2D eigenvalue weighted by atomic mass is 14.9. The van der Waals surface area contributed by atoms with Crippen LogP contribution in [-0.4, -0.2) is 23.7 Å². The Morgan fingerprint density at radius 1 is 1.00 bits per heavy atom. The summed E-state index contributed by atoms with van der Waals surface area (Å²) >= 11 is 0. The molecule has 0 radical (unpaired) electrons. The number of rotatable bonds is 6. The molecule has 1 aliphatic rings. The number of aryl methyl sites for hydroxylation is 2. The summed E-state index contributed by atoms with van der Waals surface area (Å²) in [6.07, 6.45) is 9.29. The van der Waals surface area contributed by atoms with Crippen LogP contribution in [0.5, 0.6) is 0 Å². The summed E-state index contributed by atoms with van der Waals surface area (Å²) in [6.45, 7) is 39.7. The topological polar surface area (TPSA) is 38.1 Å². The molecule has 4 unspecified atom stereocenters. The molecule has 4 atom stereocenters. The van der Waals surface area contributed by atoms with Gasteiger partial charge < -0.3 is 4.99 Å². The molecule has 0 spiro atoms. The van der Waals surface area contributed by atoms with Crippen LogP contribution < -0.4 is 0 Å². The van der Waals surface area contributed by atoms with Crippen molar-refractivity contribution in [3.63, 3.8) is 0 Å². The summed E-state index contributed by atoms with van der Waals surface area (Å²) in [6, 6.07) is 10.7. The highest BCUT2D eigenvalue weighted by molar-refractivity contribution is 5.28. The van der Waals surface area contributed by atoms with Crippen LogP contribution in [0.25, 0.3) is 0 Å². The van der Waals surface area contributed by atoms with Gasteiger partial charge in [-0.1, -0.05) is 117 Å². The minimum absolute atomic E-state index is 0.662. The highest BCUT2D eigenvalue weighted by Crippen LogP contribution is 2.44. The second kappa shape index (κ2) is 32.4. The van der Waals surface area contributed by atoms with Gasteiger partial charge in [0.25, 0.3) is 0 Å². The molecule has 0 N–H and O–H groups in total. The third-order valence-corrected chi connectivity index (χ3v) is 7.07. The van der Waals surface area contributed by atoms with E-state index in [-0.39, 0.29) is 0 Å². The lowest BCUT2D eigenvalue weighted by molar-refractivity contribution is 0.453. The fraction of sp³-hybridized carbons (Fsp3) is 0.625. The fourth-order valence-corrected chi connectivity index (χ4v) is 4.51. The second-order valence-corrected chi connectivity index (χ2v) is 11.0. The molecule has 248 valence electrons. The number of nitrogens with zero attached hydrogens (tertiary/aromatic N) is 3. The quantitative estimate of drug-likeness (QED) is 0.246. The highest BCUT2D eigenvalue weighted by Gasteiger charge is 2.34. The molecule has 1 fully saturated rings. The van der Waals surface area contributed by atoms with E-state index >= 15 is 0 Å². The van der Waals surface area contributed by atoms with E-state index in [0.717, 1.165) is 35.7 Å². The van der Waals surface area contributed by atoms with Gasteiger partial charge in [-0.3, -0.25) is 0 Å². The van der Waals surface area contributed by atoms with Crippen molar-refractivity contribution in [2.45, 2.75) is 141 Å². The summed E-state index contributed by atoms with van der Waals surface area (Å²) in [5.74, 6) is 4.07. The largest absolute Gasteiger partial charge is 0.304 e.